The molecule has 58 heavy (non-hydrogen) atoms. The number of aliphatic imine (C=N–C) groups is 1. The second-order valence-electron chi connectivity index (χ2n) is 15.8. The molecule has 0 spiro atoms. The molecule has 15 N–H and O–H groups in total. The number of likely N-dealkylation sites (tertiary alicyclic amines) is 1. The van der Waals surface area contributed by atoms with Crippen molar-refractivity contribution in [2.45, 2.75) is 153 Å². The van der Waals surface area contributed by atoms with Crippen molar-refractivity contribution in [2.24, 2.45) is 45.5 Å². The van der Waals surface area contributed by atoms with Crippen LogP contribution in [0.15, 0.2) is 4.99 Å². The van der Waals surface area contributed by atoms with Gasteiger partial charge in [-0.25, -0.2) is 0 Å². The summed E-state index contributed by atoms with van der Waals surface area (Å²) in [5, 5.41) is 13.3. The third-order valence-electron chi connectivity index (χ3n) is 10.4. The SMILES string of the molecule is CCC[C@H](NC(=O)[C@H](CC(C)C)NC(=O)CCC1CCCCC1)C(=O)N[C@@H](CN)C(=O)N1CCC[C@H]1C(=O)N[C@@H](CCCN=C(N)N)C(=O)N[C@@H](CC(N)=O)C(N)=O. The van der Waals surface area contributed by atoms with Gasteiger partial charge in [0.15, 0.2) is 5.96 Å². The van der Waals surface area contributed by atoms with Crippen LogP contribution in [-0.4, -0.2) is 114 Å². The van der Waals surface area contributed by atoms with Crippen LogP contribution in [0.2, 0.25) is 0 Å². The van der Waals surface area contributed by atoms with E-state index in [1.165, 1.54) is 24.2 Å². The molecule has 328 valence electrons. The second-order valence-corrected chi connectivity index (χ2v) is 15.8. The Hall–Kier alpha value is -5.01. The monoisotopic (exact) mass is 821 g/mol. The molecule has 2 rings (SSSR count). The Balaban J connectivity index is 2.15. The molecule has 20 heteroatoms. The average molecular weight is 821 g/mol. The first-order valence-corrected chi connectivity index (χ1v) is 20.6. The summed E-state index contributed by atoms with van der Waals surface area (Å²) >= 11 is 0. The van der Waals surface area contributed by atoms with Gasteiger partial charge in [0.2, 0.25) is 47.3 Å². The summed E-state index contributed by atoms with van der Waals surface area (Å²) in [6.07, 6.45) is 8.31. The molecule has 6 atom stereocenters. The van der Waals surface area contributed by atoms with Gasteiger partial charge in [0.1, 0.15) is 36.3 Å². The molecule has 0 radical (unpaired) electrons. The fraction of sp³-hybridized carbons (Fsp3) is 0.763. The van der Waals surface area contributed by atoms with E-state index in [1.807, 2.05) is 20.8 Å². The van der Waals surface area contributed by atoms with Crippen molar-refractivity contribution in [3.63, 3.8) is 0 Å². The van der Waals surface area contributed by atoms with Gasteiger partial charge >= 0.3 is 0 Å². The molecule has 1 aliphatic carbocycles. The van der Waals surface area contributed by atoms with E-state index in [1.54, 1.807) is 0 Å². The van der Waals surface area contributed by atoms with E-state index in [9.17, 15) is 38.4 Å². The Kier molecular flexibility index (Phi) is 21.5. The van der Waals surface area contributed by atoms with Gasteiger partial charge in [0, 0.05) is 26.1 Å². The number of rotatable bonds is 25. The fourth-order valence-electron chi connectivity index (χ4n) is 7.34. The second kappa shape index (κ2) is 25.4. The van der Waals surface area contributed by atoms with Gasteiger partial charge in [0.05, 0.1) is 6.42 Å². The third-order valence-corrected chi connectivity index (χ3v) is 10.4. The Morgan fingerprint density at radius 2 is 1.33 bits per heavy atom. The van der Waals surface area contributed by atoms with E-state index in [2.05, 4.69) is 31.6 Å². The number of primary amides is 2. The molecule has 0 aromatic carbocycles. The first-order valence-electron chi connectivity index (χ1n) is 20.6. The highest BCUT2D eigenvalue weighted by Gasteiger charge is 2.39. The zero-order chi connectivity index (χ0) is 43.4. The molecule has 0 bridgehead atoms. The van der Waals surface area contributed by atoms with E-state index in [4.69, 9.17) is 28.7 Å². The summed E-state index contributed by atoms with van der Waals surface area (Å²) in [5.41, 5.74) is 27.3. The number of hydrogen-bond donors (Lipinski definition) is 10. The van der Waals surface area contributed by atoms with Gasteiger partial charge in [0.25, 0.3) is 0 Å². The number of hydrogen-bond acceptors (Lipinski definition) is 10. The van der Waals surface area contributed by atoms with Crippen molar-refractivity contribution >= 4 is 53.2 Å². The number of nitrogens with zero attached hydrogens (tertiary/aromatic N) is 2. The highest BCUT2D eigenvalue weighted by molar-refractivity contribution is 5.97. The summed E-state index contributed by atoms with van der Waals surface area (Å²) in [6.45, 7) is 5.65. The molecule has 1 saturated carbocycles. The normalized spacial score (nSPS) is 18.2. The number of carbonyl (C=O) groups is 8. The maximum atomic E-state index is 13.9. The van der Waals surface area contributed by atoms with Crippen molar-refractivity contribution in [2.75, 3.05) is 19.6 Å². The van der Waals surface area contributed by atoms with Gasteiger partial charge in [-0.15, -0.1) is 0 Å². The lowest BCUT2D eigenvalue weighted by atomic mass is 9.86. The maximum absolute atomic E-state index is 13.9. The van der Waals surface area contributed by atoms with Crippen LogP contribution >= 0.6 is 0 Å². The number of nitrogens with two attached hydrogens (primary N) is 5. The largest absolute Gasteiger partial charge is 0.370 e. The minimum atomic E-state index is -1.43. The van der Waals surface area contributed by atoms with Crippen LogP contribution in [0, 0.1) is 11.8 Å². The number of guanidine groups is 1. The molecule has 1 heterocycles. The Morgan fingerprint density at radius 3 is 1.90 bits per heavy atom. The molecule has 8 amide bonds. The summed E-state index contributed by atoms with van der Waals surface area (Å²) in [7, 11) is 0. The van der Waals surface area contributed by atoms with Crippen LogP contribution in [0.25, 0.3) is 0 Å². The summed E-state index contributed by atoms with van der Waals surface area (Å²) in [5.74, 6) is -5.02. The van der Waals surface area contributed by atoms with Gasteiger partial charge in [-0.1, -0.05) is 59.3 Å². The minimum absolute atomic E-state index is 0.00522. The number of nitrogens with one attached hydrogen (secondary N) is 5. The number of carbonyl (C=O) groups excluding carboxylic acids is 8. The van der Waals surface area contributed by atoms with Crippen molar-refractivity contribution in [3.8, 4) is 0 Å². The summed E-state index contributed by atoms with van der Waals surface area (Å²) < 4.78 is 0. The number of amides is 8. The molecular formula is C38H68N12O8. The molecule has 0 aromatic heterocycles. The predicted octanol–water partition coefficient (Wildman–Crippen LogP) is -2.02. The topological polar surface area (TPSA) is 342 Å². The van der Waals surface area contributed by atoms with Gasteiger partial charge < -0.3 is 60.2 Å². The van der Waals surface area contributed by atoms with Crippen molar-refractivity contribution in [3.05, 3.63) is 0 Å². The van der Waals surface area contributed by atoms with Gasteiger partial charge in [-0.3, -0.25) is 43.3 Å². The molecule has 1 aliphatic heterocycles. The molecule has 1 saturated heterocycles. The van der Waals surface area contributed by atoms with E-state index in [-0.39, 0.29) is 63.1 Å². The lowest BCUT2D eigenvalue weighted by Crippen LogP contribution is -2.60. The van der Waals surface area contributed by atoms with Gasteiger partial charge in [-0.05, 0) is 56.8 Å². The minimum Gasteiger partial charge on any atom is -0.370 e. The molecule has 0 unspecified atom stereocenters. The predicted molar refractivity (Wildman–Crippen MR) is 217 cm³/mol. The summed E-state index contributed by atoms with van der Waals surface area (Å²) in [6, 6.07) is -6.89. The highest BCUT2D eigenvalue weighted by Crippen LogP contribution is 2.27. The lowest BCUT2D eigenvalue weighted by Gasteiger charge is -2.30. The molecule has 0 aromatic rings. The standard InChI is InChI=1S/C38H68N12O8/c1-4-10-24(46-35(56)27(19-22(2)3)45-31(52)16-15-23-11-6-5-7-12-23)33(54)49-28(21-39)37(58)50-18-9-14-29(50)36(57)47-25(13-8-17-44-38(42)43)34(55)48-26(32(41)53)20-30(40)51/h22-29H,4-21,39H2,1-3H3,(H2,40,51)(H2,41,53)(H,45,52)(H,46,56)(H,47,57)(H,48,55)(H,49,54)(H4,42,43,44)/t24-,25-,26-,27-,28-,29-/m0/s1. The fourth-order valence-corrected chi connectivity index (χ4v) is 7.34. The first-order chi connectivity index (χ1) is 27.5. The van der Waals surface area contributed by atoms with Crippen molar-refractivity contribution < 1.29 is 38.4 Å². The van der Waals surface area contributed by atoms with Crippen LogP contribution in [0.5, 0.6) is 0 Å². The maximum Gasteiger partial charge on any atom is 0.247 e. The zero-order valence-electron chi connectivity index (χ0n) is 34.4. The molecule has 2 aliphatic rings. The Labute approximate surface area is 341 Å². The highest BCUT2D eigenvalue weighted by atomic mass is 16.2. The molecule has 2 fully saturated rings. The summed E-state index contributed by atoms with van der Waals surface area (Å²) in [4.78, 5) is 110. The van der Waals surface area contributed by atoms with E-state index in [0.717, 1.165) is 19.3 Å². The molecule has 20 nitrogen and oxygen atoms in total. The quantitative estimate of drug-likeness (QED) is 0.0272. The smallest absolute Gasteiger partial charge is 0.247 e. The van der Waals surface area contributed by atoms with Crippen LogP contribution in [-0.2, 0) is 38.4 Å². The van der Waals surface area contributed by atoms with Crippen LogP contribution in [0.4, 0.5) is 0 Å². The van der Waals surface area contributed by atoms with Gasteiger partial charge in [-0.2, -0.15) is 0 Å². The van der Waals surface area contributed by atoms with Crippen molar-refractivity contribution in [1.29, 1.82) is 0 Å². The van der Waals surface area contributed by atoms with E-state index >= 15 is 0 Å². The van der Waals surface area contributed by atoms with Crippen LogP contribution in [0.1, 0.15) is 117 Å². The van der Waals surface area contributed by atoms with Crippen LogP contribution in [0.3, 0.4) is 0 Å². The van der Waals surface area contributed by atoms with Crippen LogP contribution < -0.4 is 55.3 Å². The zero-order valence-corrected chi connectivity index (χ0v) is 34.4. The molecular weight excluding hydrogens is 752 g/mol. The first kappa shape index (κ1) is 49.1. The lowest BCUT2D eigenvalue weighted by molar-refractivity contribution is -0.142. The Bertz CT molecular complexity index is 1450. The van der Waals surface area contributed by atoms with E-state index < -0.39 is 84.0 Å². The van der Waals surface area contributed by atoms with Crippen molar-refractivity contribution in [1.82, 2.24) is 31.5 Å². The average Bonchev–Trinajstić information content (AvgIpc) is 3.66. The third kappa shape index (κ3) is 17.2. The Morgan fingerprint density at radius 1 is 0.724 bits per heavy atom. The van der Waals surface area contributed by atoms with E-state index in [0.29, 0.717) is 31.6 Å².